The van der Waals surface area contributed by atoms with Gasteiger partial charge in [0, 0.05) is 6.07 Å². The lowest BCUT2D eigenvalue weighted by molar-refractivity contribution is -0.0886. The number of alkyl halides is 3. The molecule has 0 saturated heterocycles. The van der Waals surface area contributed by atoms with Crippen molar-refractivity contribution in [3.05, 3.63) is 23.3 Å². The van der Waals surface area contributed by atoms with E-state index in [9.17, 15) is 28.2 Å². The van der Waals surface area contributed by atoms with Crippen molar-refractivity contribution in [1.82, 2.24) is 0 Å². The van der Waals surface area contributed by atoms with Crippen molar-refractivity contribution in [2.75, 3.05) is 0 Å². The van der Waals surface area contributed by atoms with E-state index in [1.807, 2.05) is 6.92 Å². The summed E-state index contributed by atoms with van der Waals surface area (Å²) in [5.41, 5.74) is -0.587. The first-order valence-corrected chi connectivity index (χ1v) is 5.93. The number of carbonyl (C=O) groups excluding carboxylic acids is 1. The number of Topliss-reactive ketones (excluding diaryl/α,β-unsaturated/α-hetero) is 1. The van der Waals surface area contributed by atoms with Crippen LogP contribution in [0.1, 0.15) is 42.1 Å². The fourth-order valence-corrected chi connectivity index (χ4v) is 1.72. The molecule has 0 unspecified atom stereocenters. The first-order valence-electron chi connectivity index (χ1n) is 5.93. The molecule has 0 fully saturated rings. The summed E-state index contributed by atoms with van der Waals surface area (Å²) in [5.74, 6) is -3.27. The number of rotatable bonds is 5. The second-order valence-corrected chi connectivity index (χ2v) is 4.28. The van der Waals surface area contributed by atoms with Gasteiger partial charge in [-0.2, -0.15) is 13.2 Å². The molecule has 0 aliphatic heterocycles. The first-order chi connectivity index (χ1) is 8.77. The van der Waals surface area contributed by atoms with E-state index >= 15 is 0 Å². The van der Waals surface area contributed by atoms with Crippen LogP contribution in [0.25, 0.3) is 0 Å². The number of halogens is 3. The molecule has 19 heavy (non-hydrogen) atoms. The normalized spacial score (nSPS) is 11.6. The summed E-state index contributed by atoms with van der Waals surface area (Å²) in [6.07, 6.45) is -2.21. The van der Waals surface area contributed by atoms with Gasteiger partial charge in [0.15, 0.2) is 0 Å². The lowest BCUT2D eigenvalue weighted by Gasteiger charge is -2.11. The van der Waals surface area contributed by atoms with E-state index in [1.165, 1.54) is 0 Å². The third kappa shape index (κ3) is 3.87. The molecule has 0 saturated carbocycles. The summed E-state index contributed by atoms with van der Waals surface area (Å²) in [7, 11) is 0. The van der Waals surface area contributed by atoms with Gasteiger partial charge in [-0.15, -0.1) is 0 Å². The van der Waals surface area contributed by atoms with Gasteiger partial charge in [0.2, 0.25) is 0 Å². The quantitative estimate of drug-likeness (QED) is 0.638. The molecule has 0 spiro atoms. The molecule has 0 bridgehead atoms. The smallest absolute Gasteiger partial charge is 0.455 e. The largest absolute Gasteiger partial charge is 0.508 e. The zero-order valence-corrected chi connectivity index (χ0v) is 10.4. The number of aromatic hydroxyl groups is 2. The van der Waals surface area contributed by atoms with Crippen molar-refractivity contribution < 1.29 is 28.2 Å². The van der Waals surface area contributed by atoms with Crippen LogP contribution in [0, 0.1) is 0 Å². The summed E-state index contributed by atoms with van der Waals surface area (Å²) in [6, 6.07) is 1.69. The van der Waals surface area contributed by atoms with Crippen LogP contribution in [-0.4, -0.2) is 22.2 Å². The van der Waals surface area contributed by atoms with Crippen LogP contribution in [0.2, 0.25) is 0 Å². The van der Waals surface area contributed by atoms with Crippen LogP contribution in [0.15, 0.2) is 12.1 Å². The van der Waals surface area contributed by atoms with Crippen molar-refractivity contribution in [3.63, 3.8) is 0 Å². The highest BCUT2D eigenvalue weighted by Gasteiger charge is 2.40. The molecular weight excluding hydrogens is 261 g/mol. The Morgan fingerprint density at radius 2 is 1.79 bits per heavy atom. The number of hydrogen-bond acceptors (Lipinski definition) is 3. The van der Waals surface area contributed by atoms with E-state index < -0.39 is 23.3 Å². The molecule has 2 N–H and O–H groups in total. The van der Waals surface area contributed by atoms with Gasteiger partial charge in [0.05, 0.1) is 5.56 Å². The number of phenols is 2. The average Bonchev–Trinajstić information content (AvgIpc) is 2.30. The predicted molar refractivity (Wildman–Crippen MR) is 63.4 cm³/mol. The van der Waals surface area contributed by atoms with E-state index in [1.54, 1.807) is 0 Å². The third-order valence-electron chi connectivity index (χ3n) is 2.75. The Balaban J connectivity index is 3.06. The SMILES string of the molecule is CCCCCc1cc(C(=O)C(F)(F)F)c(O)cc1O. The second-order valence-electron chi connectivity index (χ2n) is 4.28. The summed E-state index contributed by atoms with van der Waals surface area (Å²) in [5, 5.41) is 18.9. The van der Waals surface area contributed by atoms with Gasteiger partial charge in [-0.3, -0.25) is 4.79 Å². The van der Waals surface area contributed by atoms with Crippen molar-refractivity contribution in [2.45, 2.75) is 38.8 Å². The third-order valence-corrected chi connectivity index (χ3v) is 2.75. The molecule has 106 valence electrons. The molecule has 3 nitrogen and oxygen atoms in total. The van der Waals surface area contributed by atoms with E-state index in [0.717, 1.165) is 25.0 Å². The van der Waals surface area contributed by atoms with Crippen LogP contribution in [0.4, 0.5) is 13.2 Å². The van der Waals surface area contributed by atoms with Crippen LogP contribution in [-0.2, 0) is 6.42 Å². The molecular formula is C13H15F3O3. The van der Waals surface area contributed by atoms with Gasteiger partial charge in [-0.25, -0.2) is 0 Å². The average molecular weight is 276 g/mol. The minimum atomic E-state index is -5.05. The summed E-state index contributed by atoms with van der Waals surface area (Å²) < 4.78 is 37.0. The maximum absolute atomic E-state index is 12.3. The highest BCUT2D eigenvalue weighted by atomic mass is 19.4. The second kappa shape index (κ2) is 5.95. The van der Waals surface area contributed by atoms with E-state index in [4.69, 9.17) is 0 Å². The fraction of sp³-hybridized carbons (Fsp3) is 0.462. The van der Waals surface area contributed by atoms with Crippen molar-refractivity contribution in [2.24, 2.45) is 0 Å². The lowest BCUT2D eigenvalue weighted by Crippen LogP contribution is -2.23. The van der Waals surface area contributed by atoms with Gasteiger partial charge in [0.1, 0.15) is 11.5 Å². The molecule has 0 aliphatic rings. The number of benzene rings is 1. The van der Waals surface area contributed by atoms with E-state index in [0.29, 0.717) is 12.8 Å². The number of ketones is 1. The maximum atomic E-state index is 12.3. The topological polar surface area (TPSA) is 57.5 Å². The maximum Gasteiger partial charge on any atom is 0.455 e. The van der Waals surface area contributed by atoms with Gasteiger partial charge >= 0.3 is 6.18 Å². The zero-order valence-electron chi connectivity index (χ0n) is 10.4. The first kappa shape index (κ1) is 15.3. The zero-order chi connectivity index (χ0) is 14.6. The highest BCUT2D eigenvalue weighted by molar-refractivity contribution is 6.02. The molecule has 1 aromatic rings. The monoisotopic (exact) mass is 276 g/mol. The number of carbonyl (C=O) groups is 1. The predicted octanol–water partition coefficient (Wildman–Crippen LogP) is 3.58. The summed E-state index contributed by atoms with van der Waals surface area (Å²) in [6.45, 7) is 1.97. The Morgan fingerprint density at radius 3 is 2.32 bits per heavy atom. The molecule has 6 heteroatoms. The van der Waals surface area contributed by atoms with Crippen LogP contribution < -0.4 is 0 Å². The Morgan fingerprint density at radius 1 is 1.16 bits per heavy atom. The van der Waals surface area contributed by atoms with Crippen molar-refractivity contribution in [1.29, 1.82) is 0 Å². The molecule has 0 amide bonds. The lowest BCUT2D eigenvalue weighted by atomic mass is 10.0. The van der Waals surface area contributed by atoms with Gasteiger partial charge in [-0.1, -0.05) is 19.8 Å². The standard InChI is InChI=1S/C13H15F3O3/c1-2-3-4-5-8-6-9(11(18)7-10(8)17)12(19)13(14,15)16/h6-7,17-18H,2-5H2,1H3. The molecule has 0 radical (unpaired) electrons. The molecule has 1 aromatic carbocycles. The Bertz CT molecular complexity index is 467. The van der Waals surface area contributed by atoms with Gasteiger partial charge in [0.25, 0.3) is 5.78 Å². The number of phenolic OH excluding ortho intramolecular Hbond substituents is 2. The number of aryl methyl sites for hydroxylation is 1. The molecule has 0 aromatic heterocycles. The minimum absolute atomic E-state index is 0.235. The minimum Gasteiger partial charge on any atom is -0.508 e. The number of unbranched alkanes of at least 4 members (excludes halogenated alkanes) is 2. The van der Waals surface area contributed by atoms with Crippen molar-refractivity contribution >= 4 is 5.78 Å². The molecule has 0 aliphatic carbocycles. The van der Waals surface area contributed by atoms with E-state index in [2.05, 4.69) is 0 Å². The number of hydrogen-bond donors (Lipinski definition) is 2. The van der Waals surface area contributed by atoms with Crippen LogP contribution >= 0.6 is 0 Å². The van der Waals surface area contributed by atoms with Crippen LogP contribution in [0.3, 0.4) is 0 Å². The molecule has 0 heterocycles. The van der Waals surface area contributed by atoms with Gasteiger partial charge < -0.3 is 10.2 Å². The van der Waals surface area contributed by atoms with Gasteiger partial charge in [-0.05, 0) is 24.5 Å². The Kier molecular flexibility index (Phi) is 4.80. The molecule has 0 atom stereocenters. The Labute approximate surface area is 108 Å². The van der Waals surface area contributed by atoms with Crippen LogP contribution in [0.5, 0.6) is 11.5 Å². The summed E-state index contributed by atoms with van der Waals surface area (Å²) in [4.78, 5) is 11.1. The molecule has 1 rings (SSSR count). The Hall–Kier alpha value is -1.72. The highest BCUT2D eigenvalue weighted by Crippen LogP contribution is 2.32. The summed E-state index contributed by atoms with van der Waals surface area (Å²) >= 11 is 0. The van der Waals surface area contributed by atoms with Crippen molar-refractivity contribution in [3.8, 4) is 11.5 Å². The van der Waals surface area contributed by atoms with E-state index in [-0.39, 0.29) is 11.3 Å². The fourth-order valence-electron chi connectivity index (χ4n) is 1.72.